The van der Waals surface area contributed by atoms with E-state index in [-0.39, 0.29) is 10.6 Å². The molecule has 2 heterocycles. The van der Waals surface area contributed by atoms with Gasteiger partial charge in [0.25, 0.3) is 5.56 Å². The third kappa shape index (κ3) is 3.37. The maximum atomic E-state index is 12.0. The molecule has 1 aliphatic rings. The number of aryl methyl sites for hydroxylation is 1. The van der Waals surface area contributed by atoms with Crippen molar-refractivity contribution in [3.8, 4) is 11.5 Å². The molecule has 1 aliphatic heterocycles. The lowest BCUT2D eigenvalue weighted by atomic mass is 9.84. The van der Waals surface area contributed by atoms with Crippen molar-refractivity contribution in [3.05, 3.63) is 45.3 Å². The molecule has 1 fully saturated rings. The molecular weight excluding hydrogens is 358 g/mol. The van der Waals surface area contributed by atoms with Gasteiger partial charge in [0.1, 0.15) is 16.5 Å². The lowest BCUT2D eigenvalue weighted by Crippen LogP contribution is -2.43. The highest BCUT2D eigenvalue weighted by Crippen LogP contribution is 2.38. The van der Waals surface area contributed by atoms with Crippen LogP contribution in [-0.4, -0.2) is 42.2 Å². The number of rotatable bonds is 4. The van der Waals surface area contributed by atoms with Crippen LogP contribution in [-0.2, 0) is 12.6 Å². The summed E-state index contributed by atoms with van der Waals surface area (Å²) in [6, 6.07) is 5.42. The zero-order valence-electron chi connectivity index (χ0n) is 15.0. The number of ether oxygens (including phenoxy) is 2. The first-order valence-corrected chi connectivity index (χ1v) is 8.68. The molecule has 26 heavy (non-hydrogen) atoms. The number of aromatic nitrogens is 2. The molecule has 8 heteroatoms. The minimum Gasteiger partial charge on any atom is -0.497 e. The highest BCUT2D eigenvalue weighted by atomic mass is 35.5. The largest absolute Gasteiger partial charge is 0.497 e. The van der Waals surface area contributed by atoms with E-state index in [9.17, 15) is 9.90 Å². The quantitative estimate of drug-likeness (QED) is 0.874. The van der Waals surface area contributed by atoms with Crippen molar-refractivity contribution in [1.29, 1.82) is 0 Å². The Labute approximate surface area is 156 Å². The number of methoxy groups -OCH3 is 2. The van der Waals surface area contributed by atoms with Gasteiger partial charge in [0.05, 0.1) is 31.7 Å². The van der Waals surface area contributed by atoms with E-state index in [1.165, 1.54) is 4.68 Å². The molecule has 0 atom stereocenters. The topological polar surface area (TPSA) is 76.8 Å². The summed E-state index contributed by atoms with van der Waals surface area (Å²) in [5.41, 5.74) is 0.0157. The van der Waals surface area contributed by atoms with Gasteiger partial charge in [-0.25, -0.2) is 4.68 Å². The number of piperidine rings is 1. The molecule has 0 unspecified atom stereocenters. The van der Waals surface area contributed by atoms with Gasteiger partial charge in [-0.1, -0.05) is 11.6 Å². The Hall–Kier alpha value is -2.25. The second-order valence-corrected chi connectivity index (χ2v) is 6.77. The van der Waals surface area contributed by atoms with Crippen LogP contribution in [0.25, 0.3) is 0 Å². The number of anilines is 1. The Kier molecular flexibility index (Phi) is 5.11. The van der Waals surface area contributed by atoms with E-state index in [1.54, 1.807) is 33.5 Å². The number of halogens is 1. The third-order valence-corrected chi connectivity index (χ3v) is 5.24. The zero-order chi connectivity index (χ0) is 18.9. The maximum Gasteiger partial charge on any atom is 0.287 e. The molecule has 7 nitrogen and oxygen atoms in total. The molecule has 0 saturated carbocycles. The molecule has 2 aromatic rings. The van der Waals surface area contributed by atoms with Crippen LogP contribution in [0.1, 0.15) is 18.4 Å². The fourth-order valence-corrected chi connectivity index (χ4v) is 3.50. The number of hydrogen-bond acceptors (Lipinski definition) is 6. The summed E-state index contributed by atoms with van der Waals surface area (Å²) in [6.45, 7) is 1.09. The van der Waals surface area contributed by atoms with Gasteiger partial charge < -0.3 is 19.5 Å². The SMILES string of the molecule is COc1cc(OC)cc(C2(O)CCN(c3cnn(C)c(=O)c3Cl)CC2)c1. The van der Waals surface area contributed by atoms with Crippen LogP contribution in [0.2, 0.25) is 5.02 Å². The van der Waals surface area contributed by atoms with Gasteiger partial charge in [0.15, 0.2) is 0 Å². The van der Waals surface area contributed by atoms with Crippen LogP contribution in [0.4, 0.5) is 5.69 Å². The van der Waals surface area contributed by atoms with E-state index in [0.29, 0.717) is 43.1 Å². The maximum absolute atomic E-state index is 12.0. The van der Waals surface area contributed by atoms with Crippen LogP contribution >= 0.6 is 11.6 Å². The Morgan fingerprint density at radius 1 is 1.15 bits per heavy atom. The number of nitrogens with zero attached hydrogens (tertiary/aromatic N) is 3. The Balaban J connectivity index is 1.83. The minimum absolute atomic E-state index is 0.149. The summed E-state index contributed by atoms with van der Waals surface area (Å²) in [4.78, 5) is 14.0. The molecule has 0 aliphatic carbocycles. The van der Waals surface area contributed by atoms with Crippen molar-refractivity contribution in [1.82, 2.24) is 9.78 Å². The second kappa shape index (κ2) is 7.17. The third-order valence-electron chi connectivity index (χ3n) is 4.88. The fraction of sp³-hybridized carbons (Fsp3) is 0.444. The Morgan fingerprint density at radius 2 is 1.73 bits per heavy atom. The summed E-state index contributed by atoms with van der Waals surface area (Å²) < 4.78 is 11.8. The molecule has 0 spiro atoms. The standard InChI is InChI=1S/C18H22ClN3O4/c1-21-17(23)16(19)15(11-20-21)22-6-4-18(24,5-7-22)12-8-13(25-2)10-14(9-12)26-3/h8-11,24H,4-7H2,1-3H3. The smallest absolute Gasteiger partial charge is 0.287 e. The average Bonchev–Trinajstić information content (AvgIpc) is 2.67. The van der Waals surface area contributed by atoms with Gasteiger partial charge in [-0.3, -0.25) is 4.79 Å². The number of hydrogen-bond donors (Lipinski definition) is 1. The Bertz CT molecular complexity index is 838. The van der Waals surface area contributed by atoms with Gasteiger partial charge in [0.2, 0.25) is 0 Å². The van der Waals surface area contributed by atoms with E-state index in [0.717, 1.165) is 5.56 Å². The van der Waals surface area contributed by atoms with Gasteiger partial charge in [-0.05, 0) is 30.5 Å². The van der Waals surface area contributed by atoms with Gasteiger partial charge in [-0.15, -0.1) is 0 Å². The van der Waals surface area contributed by atoms with Crippen LogP contribution in [0.5, 0.6) is 11.5 Å². The van der Waals surface area contributed by atoms with Crippen LogP contribution in [0, 0.1) is 0 Å². The summed E-state index contributed by atoms with van der Waals surface area (Å²) in [5, 5.41) is 15.3. The monoisotopic (exact) mass is 379 g/mol. The highest BCUT2D eigenvalue weighted by Gasteiger charge is 2.35. The zero-order valence-corrected chi connectivity index (χ0v) is 15.8. The first kappa shape index (κ1) is 18.5. The van der Waals surface area contributed by atoms with Gasteiger partial charge >= 0.3 is 0 Å². The summed E-state index contributed by atoms with van der Waals surface area (Å²) >= 11 is 6.19. The highest BCUT2D eigenvalue weighted by molar-refractivity contribution is 6.33. The van der Waals surface area contributed by atoms with E-state index in [2.05, 4.69) is 5.10 Å². The molecule has 1 N–H and O–H groups in total. The van der Waals surface area contributed by atoms with Crippen molar-refractivity contribution >= 4 is 17.3 Å². The van der Waals surface area contributed by atoms with Gasteiger partial charge in [-0.2, -0.15) is 5.10 Å². The van der Waals surface area contributed by atoms with E-state index < -0.39 is 5.60 Å². The van der Waals surface area contributed by atoms with Crippen LogP contribution in [0.15, 0.2) is 29.2 Å². The fourth-order valence-electron chi connectivity index (χ4n) is 3.20. The second-order valence-electron chi connectivity index (χ2n) is 6.39. The molecule has 0 radical (unpaired) electrons. The lowest BCUT2D eigenvalue weighted by Gasteiger charge is -2.39. The van der Waals surface area contributed by atoms with Crippen LogP contribution in [0.3, 0.4) is 0 Å². The lowest BCUT2D eigenvalue weighted by molar-refractivity contribution is 0.0114. The van der Waals surface area contributed by atoms with E-state index in [4.69, 9.17) is 21.1 Å². The predicted molar refractivity (Wildman–Crippen MR) is 99.4 cm³/mol. The van der Waals surface area contributed by atoms with Crippen molar-refractivity contribution in [2.45, 2.75) is 18.4 Å². The molecule has 140 valence electrons. The van der Waals surface area contributed by atoms with Gasteiger partial charge in [0, 0.05) is 26.2 Å². The molecule has 0 bridgehead atoms. The van der Waals surface area contributed by atoms with E-state index in [1.807, 2.05) is 17.0 Å². The van der Waals surface area contributed by atoms with Crippen molar-refractivity contribution < 1.29 is 14.6 Å². The van der Waals surface area contributed by atoms with Crippen molar-refractivity contribution in [2.24, 2.45) is 7.05 Å². The summed E-state index contributed by atoms with van der Waals surface area (Å²) in [6.07, 6.45) is 2.55. The molecule has 1 saturated heterocycles. The first-order valence-electron chi connectivity index (χ1n) is 8.30. The normalized spacial score (nSPS) is 16.4. The van der Waals surface area contributed by atoms with Crippen molar-refractivity contribution in [3.63, 3.8) is 0 Å². The molecular formula is C18H22ClN3O4. The number of aliphatic hydroxyl groups is 1. The molecule has 3 rings (SSSR count). The molecule has 0 amide bonds. The Morgan fingerprint density at radius 3 is 2.27 bits per heavy atom. The number of benzene rings is 1. The van der Waals surface area contributed by atoms with Crippen molar-refractivity contribution in [2.75, 3.05) is 32.2 Å². The van der Waals surface area contributed by atoms with Crippen LogP contribution < -0.4 is 19.9 Å². The molecule has 1 aromatic carbocycles. The summed E-state index contributed by atoms with van der Waals surface area (Å²) in [5.74, 6) is 1.27. The minimum atomic E-state index is -1.00. The predicted octanol–water partition coefficient (Wildman–Crippen LogP) is 1.94. The first-order chi connectivity index (χ1) is 12.4. The molecule has 1 aromatic heterocycles. The summed E-state index contributed by atoms with van der Waals surface area (Å²) in [7, 11) is 4.72. The van der Waals surface area contributed by atoms with E-state index >= 15 is 0 Å². The average molecular weight is 380 g/mol.